The monoisotopic (exact) mass is 411 g/mol. The maximum Gasteiger partial charge on any atom is 0.273 e. The molecule has 0 N–H and O–H groups in total. The Hall–Kier alpha value is -2.64. The number of fused-ring (bicyclic) bond motifs is 2. The third-order valence-corrected chi connectivity index (χ3v) is 5.90. The number of aromatic nitrogens is 1. The summed E-state index contributed by atoms with van der Waals surface area (Å²) in [6.07, 6.45) is -0.693. The van der Waals surface area contributed by atoms with E-state index >= 15 is 0 Å². The SMILES string of the molecule is Cc1cc(C)c2nc(N(CCN(C)C)C(=O)C3COc4ccccc4O3)sc2c1. The highest BCUT2D eigenvalue weighted by molar-refractivity contribution is 7.22. The van der Waals surface area contributed by atoms with Crippen LogP contribution in [0.5, 0.6) is 11.5 Å². The van der Waals surface area contributed by atoms with Gasteiger partial charge in [0.15, 0.2) is 16.6 Å². The van der Waals surface area contributed by atoms with E-state index in [0.717, 1.165) is 22.3 Å². The van der Waals surface area contributed by atoms with E-state index in [-0.39, 0.29) is 12.5 Å². The smallest absolute Gasteiger partial charge is 0.273 e. The minimum Gasteiger partial charge on any atom is -0.485 e. The van der Waals surface area contributed by atoms with Crippen LogP contribution in [0.2, 0.25) is 0 Å². The zero-order valence-electron chi connectivity index (χ0n) is 17.1. The summed E-state index contributed by atoms with van der Waals surface area (Å²) >= 11 is 1.54. The summed E-state index contributed by atoms with van der Waals surface area (Å²) in [6, 6.07) is 11.7. The van der Waals surface area contributed by atoms with Gasteiger partial charge in [-0.2, -0.15) is 0 Å². The molecule has 0 radical (unpaired) electrons. The molecule has 152 valence electrons. The molecule has 29 heavy (non-hydrogen) atoms. The average Bonchev–Trinajstić information content (AvgIpc) is 3.11. The molecule has 1 amide bonds. The van der Waals surface area contributed by atoms with Crippen molar-refractivity contribution in [2.24, 2.45) is 0 Å². The van der Waals surface area contributed by atoms with Crippen molar-refractivity contribution < 1.29 is 14.3 Å². The van der Waals surface area contributed by atoms with Crippen LogP contribution in [0.1, 0.15) is 11.1 Å². The molecule has 0 bridgehead atoms. The van der Waals surface area contributed by atoms with Gasteiger partial charge in [-0.15, -0.1) is 0 Å². The quantitative estimate of drug-likeness (QED) is 0.642. The molecule has 6 nitrogen and oxygen atoms in total. The fraction of sp³-hybridized carbons (Fsp3) is 0.364. The summed E-state index contributed by atoms with van der Waals surface area (Å²) in [5.74, 6) is 1.14. The van der Waals surface area contributed by atoms with Crippen molar-refractivity contribution in [3.05, 3.63) is 47.5 Å². The Morgan fingerprint density at radius 2 is 1.93 bits per heavy atom. The van der Waals surface area contributed by atoms with E-state index in [1.54, 1.807) is 16.2 Å². The summed E-state index contributed by atoms with van der Waals surface area (Å²) < 4.78 is 12.8. The molecule has 1 aliphatic rings. The highest BCUT2D eigenvalue weighted by atomic mass is 32.1. The summed E-state index contributed by atoms with van der Waals surface area (Å²) in [4.78, 5) is 22.0. The van der Waals surface area contributed by atoms with E-state index in [2.05, 4.69) is 30.9 Å². The molecular formula is C22H25N3O3S. The number of anilines is 1. The fourth-order valence-electron chi connectivity index (χ4n) is 3.39. The topological polar surface area (TPSA) is 54.9 Å². The average molecular weight is 412 g/mol. The van der Waals surface area contributed by atoms with E-state index < -0.39 is 6.10 Å². The van der Waals surface area contributed by atoms with Gasteiger partial charge in [0.25, 0.3) is 5.91 Å². The Morgan fingerprint density at radius 1 is 1.17 bits per heavy atom. The van der Waals surface area contributed by atoms with Gasteiger partial charge in [0.1, 0.15) is 6.61 Å². The summed E-state index contributed by atoms with van der Waals surface area (Å²) in [7, 11) is 3.98. The van der Waals surface area contributed by atoms with E-state index in [1.807, 2.05) is 38.4 Å². The summed E-state index contributed by atoms with van der Waals surface area (Å²) in [5.41, 5.74) is 3.26. The van der Waals surface area contributed by atoms with Crippen molar-refractivity contribution in [3.8, 4) is 11.5 Å². The van der Waals surface area contributed by atoms with Crippen LogP contribution in [0, 0.1) is 13.8 Å². The van der Waals surface area contributed by atoms with Gasteiger partial charge in [0, 0.05) is 13.1 Å². The number of rotatable bonds is 5. The Bertz CT molecular complexity index is 1050. The Morgan fingerprint density at radius 3 is 2.69 bits per heavy atom. The van der Waals surface area contributed by atoms with E-state index in [4.69, 9.17) is 14.5 Å². The maximum absolute atomic E-state index is 13.4. The molecule has 1 aliphatic heterocycles. The highest BCUT2D eigenvalue weighted by Crippen LogP contribution is 2.34. The van der Waals surface area contributed by atoms with Crippen molar-refractivity contribution in [3.63, 3.8) is 0 Å². The number of nitrogens with zero attached hydrogens (tertiary/aromatic N) is 3. The Labute approximate surface area is 174 Å². The molecule has 1 atom stereocenters. The van der Waals surface area contributed by atoms with Gasteiger partial charge in [-0.1, -0.05) is 29.5 Å². The van der Waals surface area contributed by atoms with Crippen molar-refractivity contribution >= 4 is 32.6 Å². The predicted octanol–water partition coefficient (Wildman–Crippen LogP) is 3.65. The van der Waals surface area contributed by atoms with Crippen LogP contribution in [0.25, 0.3) is 10.2 Å². The molecule has 1 aromatic heterocycles. The van der Waals surface area contributed by atoms with Crippen LogP contribution < -0.4 is 14.4 Å². The van der Waals surface area contributed by atoms with Gasteiger partial charge in [-0.25, -0.2) is 4.98 Å². The predicted molar refractivity (Wildman–Crippen MR) is 116 cm³/mol. The van der Waals surface area contributed by atoms with Crippen molar-refractivity contribution in [1.82, 2.24) is 9.88 Å². The zero-order valence-corrected chi connectivity index (χ0v) is 18.0. The van der Waals surface area contributed by atoms with E-state index in [0.29, 0.717) is 23.2 Å². The third kappa shape index (κ3) is 4.06. The largest absolute Gasteiger partial charge is 0.485 e. The summed E-state index contributed by atoms with van der Waals surface area (Å²) in [5, 5.41) is 0.697. The van der Waals surface area contributed by atoms with Crippen LogP contribution >= 0.6 is 11.3 Å². The molecule has 2 heterocycles. The lowest BCUT2D eigenvalue weighted by Gasteiger charge is -2.30. The Kier molecular flexibility index (Phi) is 5.43. The first kappa shape index (κ1) is 19.7. The number of carbonyl (C=O) groups is 1. The molecule has 0 spiro atoms. The maximum atomic E-state index is 13.4. The lowest BCUT2D eigenvalue weighted by molar-refractivity contribution is -0.127. The minimum absolute atomic E-state index is 0.130. The van der Waals surface area contributed by atoms with Crippen LogP contribution in [0.15, 0.2) is 36.4 Å². The first-order valence-corrected chi connectivity index (χ1v) is 10.5. The number of carbonyl (C=O) groups excluding carboxylic acids is 1. The number of likely N-dealkylation sites (N-methyl/N-ethyl adjacent to an activating group) is 1. The van der Waals surface area contributed by atoms with Gasteiger partial charge in [-0.05, 0) is 57.3 Å². The molecule has 3 aromatic rings. The molecule has 0 aliphatic carbocycles. The van der Waals surface area contributed by atoms with Crippen LogP contribution in [-0.4, -0.2) is 55.7 Å². The normalized spacial score (nSPS) is 15.7. The Balaban J connectivity index is 1.65. The summed E-state index contributed by atoms with van der Waals surface area (Å²) in [6.45, 7) is 5.58. The van der Waals surface area contributed by atoms with Gasteiger partial charge in [-0.3, -0.25) is 9.69 Å². The number of benzene rings is 2. The fourth-order valence-corrected chi connectivity index (χ4v) is 4.56. The van der Waals surface area contributed by atoms with Gasteiger partial charge >= 0.3 is 0 Å². The van der Waals surface area contributed by atoms with Crippen molar-refractivity contribution in [2.45, 2.75) is 20.0 Å². The number of thiazole rings is 1. The van der Waals surface area contributed by atoms with Gasteiger partial charge < -0.3 is 14.4 Å². The van der Waals surface area contributed by atoms with Crippen LogP contribution in [0.3, 0.4) is 0 Å². The zero-order chi connectivity index (χ0) is 20.5. The lowest BCUT2D eigenvalue weighted by atomic mass is 10.1. The van der Waals surface area contributed by atoms with Crippen LogP contribution in [0.4, 0.5) is 5.13 Å². The number of hydrogen-bond acceptors (Lipinski definition) is 6. The highest BCUT2D eigenvalue weighted by Gasteiger charge is 2.33. The van der Waals surface area contributed by atoms with Crippen molar-refractivity contribution in [2.75, 3.05) is 38.7 Å². The van der Waals surface area contributed by atoms with Gasteiger partial charge in [0.2, 0.25) is 6.10 Å². The second-order valence-corrected chi connectivity index (χ2v) is 8.59. The number of hydrogen-bond donors (Lipinski definition) is 0. The molecule has 0 saturated carbocycles. The van der Waals surface area contributed by atoms with Crippen molar-refractivity contribution in [1.29, 1.82) is 0 Å². The molecule has 2 aromatic carbocycles. The van der Waals surface area contributed by atoms with Gasteiger partial charge in [0.05, 0.1) is 10.2 Å². The second-order valence-electron chi connectivity index (χ2n) is 7.58. The first-order valence-electron chi connectivity index (χ1n) is 9.65. The molecule has 0 saturated heterocycles. The molecule has 4 rings (SSSR count). The molecule has 1 unspecified atom stereocenters. The number of ether oxygens (including phenoxy) is 2. The van der Waals surface area contributed by atoms with E-state index in [9.17, 15) is 4.79 Å². The number of amides is 1. The van der Waals surface area contributed by atoms with E-state index in [1.165, 1.54) is 5.56 Å². The minimum atomic E-state index is -0.693. The van der Waals surface area contributed by atoms with Crippen LogP contribution in [-0.2, 0) is 4.79 Å². The number of aryl methyl sites for hydroxylation is 2. The first-order chi connectivity index (χ1) is 13.9. The molecular weight excluding hydrogens is 386 g/mol. The molecule has 7 heteroatoms. The third-order valence-electron chi connectivity index (χ3n) is 4.87. The molecule has 0 fully saturated rings. The second kappa shape index (κ2) is 8.00. The lowest BCUT2D eigenvalue weighted by Crippen LogP contribution is -2.48. The standard InChI is InChI=1S/C22H25N3O3S/c1-14-11-15(2)20-19(12-14)29-22(23-20)25(10-9-24(3)4)21(26)18-13-27-16-7-5-6-8-17(16)28-18/h5-8,11-12,18H,9-10,13H2,1-4H3. The number of para-hydroxylation sites is 2.